The Morgan fingerprint density at radius 1 is 1.25 bits per heavy atom. The summed E-state index contributed by atoms with van der Waals surface area (Å²) in [6.45, 7) is 0.346. The van der Waals surface area contributed by atoms with Gasteiger partial charge in [-0.3, -0.25) is 10.6 Å². The average Bonchev–Trinajstić information content (AvgIpc) is 2.49. The Morgan fingerprint density at radius 2 is 2.05 bits per heavy atom. The van der Waals surface area contributed by atoms with E-state index in [1.807, 2.05) is 0 Å². The summed E-state index contributed by atoms with van der Waals surface area (Å²) in [6, 6.07) is 9.71. The fourth-order valence-corrected chi connectivity index (χ4v) is 1.72. The third kappa shape index (κ3) is 3.52. The molecule has 20 heavy (non-hydrogen) atoms. The molecular weight excluding hydrogens is 259 g/mol. The van der Waals surface area contributed by atoms with Crippen LogP contribution in [0.4, 0.5) is 10.1 Å². The Hall–Kier alpha value is -2.47. The van der Waals surface area contributed by atoms with Gasteiger partial charge in [-0.15, -0.1) is 0 Å². The number of hydrazine groups is 1. The third-order valence-corrected chi connectivity index (χ3v) is 2.80. The molecule has 0 saturated carbocycles. The fourth-order valence-electron chi connectivity index (χ4n) is 1.72. The lowest BCUT2D eigenvalue weighted by Gasteiger charge is -2.06. The average molecular weight is 274 g/mol. The number of carbonyl (C=O) groups excluding carboxylic acids is 1. The zero-order chi connectivity index (χ0) is 14.4. The van der Waals surface area contributed by atoms with E-state index in [0.717, 1.165) is 0 Å². The zero-order valence-corrected chi connectivity index (χ0v) is 10.8. The van der Waals surface area contributed by atoms with Crippen LogP contribution in [0.25, 0.3) is 0 Å². The summed E-state index contributed by atoms with van der Waals surface area (Å²) >= 11 is 0. The maximum absolute atomic E-state index is 13.4. The van der Waals surface area contributed by atoms with Crippen LogP contribution in [-0.2, 0) is 6.42 Å². The summed E-state index contributed by atoms with van der Waals surface area (Å²) < 4.78 is 13.4. The number of nitrogens with zero attached hydrogens (tertiary/aromatic N) is 1. The minimum atomic E-state index is -0.301. The van der Waals surface area contributed by atoms with Crippen LogP contribution in [0.3, 0.4) is 0 Å². The van der Waals surface area contributed by atoms with Crippen molar-refractivity contribution in [3.05, 3.63) is 59.7 Å². The first-order chi connectivity index (χ1) is 9.70. The van der Waals surface area contributed by atoms with Gasteiger partial charge in [-0.25, -0.2) is 9.37 Å². The van der Waals surface area contributed by atoms with E-state index in [4.69, 9.17) is 5.84 Å². The van der Waals surface area contributed by atoms with Crippen molar-refractivity contribution in [3.8, 4) is 0 Å². The van der Waals surface area contributed by atoms with Crippen LogP contribution < -0.4 is 16.6 Å². The second-order valence-corrected chi connectivity index (χ2v) is 4.17. The number of hydrogen-bond donors (Lipinski definition) is 3. The number of benzene rings is 1. The first kappa shape index (κ1) is 14.0. The number of nitrogens with two attached hydrogens (primary N) is 1. The summed E-state index contributed by atoms with van der Waals surface area (Å²) in [5.74, 6) is 4.64. The van der Waals surface area contributed by atoms with E-state index < -0.39 is 0 Å². The van der Waals surface area contributed by atoms with E-state index in [1.54, 1.807) is 30.3 Å². The molecule has 0 saturated heterocycles. The number of halogens is 1. The van der Waals surface area contributed by atoms with Gasteiger partial charge in [0.05, 0.1) is 11.9 Å². The maximum atomic E-state index is 13.4. The van der Waals surface area contributed by atoms with Crippen molar-refractivity contribution in [2.75, 3.05) is 12.0 Å². The number of anilines is 1. The van der Waals surface area contributed by atoms with Crippen molar-refractivity contribution in [1.82, 2.24) is 10.3 Å². The number of aromatic nitrogens is 1. The first-order valence-corrected chi connectivity index (χ1v) is 6.15. The van der Waals surface area contributed by atoms with Crippen LogP contribution >= 0.6 is 0 Å². The third-order valence-electron chi connectivity index (χ3n) is 2.80. The van der Waals surface area contributed by atoms with Gasteiger partial charge in [0.25, 0.3) is 5.91 Å². The number of nitrogens with one attached hydrogen (secondary N) is 2. The van der Waals surface area contributed by atoms with Crippen molar-refractivity contribution >= 4 is 11.6 Å². The molecule has 1 aromatic heterocycles. The van der Waals surface area contributed by atoms with Crippen molar-refractivity contribution in [3.63, 3.8) is 0 Å². The molecule has 4 N–H and O–H groups in total. The Labute approximate surface area is 116 Å². The van der Waals surface area contributed by atoms with Crippen LogP contribution in [0.5, 0.6) is 0 Å². The molecule has 1 heterocycles. The Morgan fingerprint density at radius 3 is 2.70 bits per heavy atom. The molecule has 0 spiro atoms. The number of pyridine rings is 1. The molecule has 0 aliphatic rings. The van der Waals surface area contributed by atoms with Gasteiger partial charge in [-0.05, 0) is 30.2 Å². The zero-order valence-electron chi connectivity index (χ0n) is 10.8. The Kier molecular flexibility index (Phi) is 4.62. The Bertz CT molecular complexity index is 586. The number of rotatable bonds is 5. The molecule has 6 heteroatoms. The second-order valence-electron chi connectivity index (χ2n) is 4.17. The number of nitrogen functional groups attached to an aromatic ring is 1. The van der Waals surface area contributed by atoms with Gasteiger partial charge in [-0.1, -0.05) is 18.2 Å². The summed E-state index contributed by atoms with van der Waals surface area (Å²) in [5.41, 5.74) is 3.91. The summed E-state index contributed by atoms with van der Waals surface area (Å²) in [5, 5.41) is 2.69. The SMILES string of the molecule is NNc1ccc(C(=O)NCCc2ccccc2F)nc1. The highest BCUT2D eigenvalue weighted by Crippen LogP contribution is 2.07. The minimum absolute atomic E-state index is 0.266. The van der Waals surface area contributed by atoms with E-state index >= 15 is 0 Å². The van der Waals surface area contributed by atoms with Gasteiger partial charge < -0.3 is 10.7 Å². The molecule has 0 bridgehead atoms. The van der Waals surface area contributed by atoms with Gasteiger partial charge in [0, 0.05) is 6.54 Å². The lowest BCUT2D eigenvalue weighted by atomic mass is 10.1. The van der Waals surface area contributed by atoms with Crippen molar-refractivity contribution < 1.29 is 9.18 Å². The molecule has 0 aliphatic heterocycles. The predicted octanol–water partition coefficient (Wildman–Crippen LogP) is 1.48. The van der Waals surface area contributed by atoms with Gasteiger partial charge in [0.15, 0.2) is 0 Å². The van der Waals surface area contributed by atoms with Crippen LogP contribution in [-0.4, -0.2) is 17.4 Å². The van der Waals surface area contributed by atoms with Crippen LogP contribution in [0.2, 0.25) is 0 Å². The highest BCUT2D eigenvalue weighted by molar-refractivity contribution is 5.92. The highest BCUT2D eigenvalue weighted by Gasteiger charge is 2.07. The molecule has 2 rings (SSSR count). The van der Waals surface area contributed by atoms with Gasteiger partial charge in [0.2, 0.25) is 0 Å². The fraction of sp³-hybridized carbons (Fsp3) is 0.143. The van der Waals surface area contributed by atoms with E-state index in [2.05, 4.69) is 15.7 Å². The molecule has 5 nitrogen and oxygen atoms in total. The maximum Gasteiger partial charge on any atom is 0.269 e. The normalized spacial score (nSPS) is 10.1. The molecule has 0 atom stereocenters. The van der Waals surface area contributed by atoms with Gasteiger partial charge in [0.1, 0.15) is 11.5 Å². The first-order valence-electron chi connectivity index (χ1n) is 6.15. The Balaban J connectivity index is 1.87. The number of amides is 1. The molecule has 0 radical (unpaired) electrons. The quantitative estimate of drug-likeness (QED) is 0.570. The monoisotopic (exact) mass is 274 g/mol. The van der Waals surface area contributed by atoms with Crippen LogP contribution in [0.15, 0.2) is 42.6 Å². The summed E-state index contributed by atoms with van der Waals surface area (Å²) in [4.78, 5) is 15.8. The molecule has 1 amide bonds. The molecule has 104 valence electrons. The highest BCUT2D eigenvalue weighted by atomic mass is 19.1. The summed E-state index contributed by atoms with van der Waals surface area (Å²) in [6.07, 6.45) is 1.90. The molecule has 1 aromatic carbocycles. The second kappa shape index (κ2) is 6.63. The number of carbonyl (C=O) groups is 1. The standard InChI is InChI=1S/C14H15FN4O/c15-12-4-2-1-3-10(12)7-8-17-14(20)13-6-5-11(19-16)9-18-13/h1-6,9,19H,7-8,16H2,(H,17,20). The van der Waals surface area contributed by atoms with Gasteiger partial charge >= 0.3 is 0 Å². The van der Waals surface area contributed by atoms with Crippen molar-refractivity contribution in [2.45, 2.75) is 6.42 Å². The molecule has 0 fully saturated rings. The van der Waals surface area contributed by atoms with E-state index in [0.29, 0.717) is 24.2 Å². The lowest BCUT2D eigenvalue weighted by Crippen LogP contribution is -2.26. The van der Waals surface area contributed by atoms with E-state index in [-0.39, 0.29) is 17.4 Å². The smallest absolute Gasteiger partial charge is 0.269 e. The van der Waals surface area contributed by atoms with E-state index in [9.17, 15) is 9.18 Å². The largest absolute Gasteiger partial charge is 0.350 e. The van der Waals surface area contributed by atoms with Crippen molar-refractivity contribution in [1.29, 1.82) is 0 Å². The topological polar surface area (TPSA) is 80.0 Å². The van der Waals surface area contributed by atoms with Gasteiger partial charge in [-0.2, -0.15) is 0 Å². The molecule has 0 unspecified atom stereocenters. The molecular formula is C14H15FN4O. The summed E-state index contributed by atoms with van der Waals surface area (Å²) in [7, 11) is 0. The molecule has 2 aromatic rings. The van der Waals surface area contributed by atoms with Crippen LogP contribution in [0.1, 0.15) is 16.1 Å². The van der Waals surface area contributed by atoms with Crippen LogP contribution in [0, 0.1) is 5.82 Å². The van der Waals surface area contributed by atoms with Crippen molar-refractivity contribution in [2.24, 2.45) is 5.84 Å². The number of hydrogen-bond acceptors (Lipinski definition) is 4. The van der Waals surface area contributed by atoms with E-state index in [1.165, 1.54) is 12.3 Å². The lowest BCUT2D eigenvalue weighted by molar-refractivity contribution is 0.0949. The molecule has 0 aliphatic carbocycles. The minimum Gasteiger partial charge on any atom is -0.350 e. The predicted molar refractivity (Wildman–Crippen MR) is 74.5 cm³/mol.